The Kier molecular flexibility index (Phi) is 3.02. The Labute approximate surface area is 96.8 Å². The molecule has 1 aromatic heterocycles. The molecule has 0 bridgehead atoms. The minimum Gasteiger partial charge on any atom is -0.451 e. The van der Waals surface area contributed by atoms with E-state index in [-0.39, 0.29) is 11.2 Å². The van der Waals surface area contributed by atoms with Crippen LogP contribution in [0.2, 0.25) is 0 Å². The highest BCUT2D eigenvalue weighted by atomic mass is 16.3. The molecule has 0 spiro atoms. The third-order valence-electron chi connectivity index (χ3n) is 2.18. The number of benzene rings is 1. The second-order valence-electron chi connectivity index (χ2n) is 3.36. The summed E-state index contributed by atoms with van der Waals surface area (Å²) in [6.45, 7) is 0. The van der Waals surface area contributed by atoms with Gasteiger partial charge in [0.25, 0.3) is 0 Å². The molecule has 5 heteroatoms. The molecular formula is C12H10N2O3. The Morgan fingerprint density at radius 1 is 1.18 bits per heavy atom. The lowest BCUT2D eigenvalue weighted by molar-refractivity contribution is 0.0924. The van der Waals surface area contributed by atoms with Gasteiger partial charge in [0.2, 0.25) is 0 Å². The molecule has 0 radical (unpaired) electrons. The van der Waals surface area contributed by atoms with Gasteiger partial charge in [-0.05, 0) is 0 Å². The summed E-state index contributed by atoms with van der Waals surface area (Å²) in [5, 5.41) is 0. The van der Waals surface area contributed by atoms with Crippen LogP contribution in [-0.2, 0) is 0 Å². The minimum absolute atomic E-state index is 0.112. The van der Waals surface area contributed by atoms with Crippen molar-refractivity contribution in [1.29, 1.82) is 0 Å². The fourth-order valence-electron chi connectivity index (χ4n) is 1.41. The van der Waals surface area contributed by atoms with Crippen molar-refractivity contribution < 1.29 is 9.21 Å². The molecule has 5 nitrogen and oxygen atoms in total. The van der Waals surface area contributed by atoms with E-state index in [4.69, 9.17) is 10.3 Å². The average Bonchev–Trinajstić information content (AvgIpc) is 2.38. The highest BCUT2D eigenvalue weighted by Gasteiger charge is 2.10. The van der Waals surface area contributed by atoms with Crippen LogP contribution in [0.1, 0.15) is 10.6 Å². The lowest BCUT2D eigenvalue weighted by Gasteiger charge is -2.03. The maximum absolute atomic E-state index is 11.4. The second kappa shape index (κ2) is 4.63. The van der Waals surface area contributed by atoms with E-state index < -0.39 is 5.91 Å². The van der Waals surface area contributed by atoms with Crippen LogP contribution >= 0.6 is 0 Å². The van der Waals surface area contributed by atoms with E-state index in [9.17, 15) is 9.59 Å². The highest BCUT2D eigenvalue weighted by Crippen LogP contribution is 2.18. The summed E-state index contributed by atoms with van der Waals surface area (Å²) in [6, 6.07) is 11.4. The quantitative estimate of drug-likeness (QED) is 0.456. The van der Waals surface area contributed by atoms with Gasteiger partial charge in [-0.2, -0.15) is 0 Å². The first-order valence-electron chi connectivity index (χ1n) is 4.92. The number of nitrogen functional groups attached to an aromatic ring is 1. The summed E-state index contributed by atoms with van der Waals surface area (Å²) in [5.74, 6) is 4.56. The zero-order valence-electron chi connectivity index (χ0n) is 8.84. The minimum atomic E-state index is -0.639. The number of nitrogens with two attached hydrogens (primary N) is 1. The second-order valence-corrected chi connectivity index (χ2v) is 3.36. The standard InChI is InChI=1S/C12H10N2O3/c13-14-12(16)11-7-9(15)6-10(17-11)8-4-2-1-3-5-8/h1-7H,13H2,(H,14,16). The first-order chi connectivity index (χ1) is 8.20. The molecule has 3 N–H and O–H groups in total. The van der Waals surface area contributed by atoms with E-state index in [1.165, 1.54) is 6.07 Å². The molecule has 86 valence electrons. The molecule has 0 saturated heterocycles. The van der Waals surface area contributed by atoms with E-state index in [1.54, 1.807) is 12.1 Å². The first-order valence-corrected chi connectivity index (χ1v) is 4.92. The Balaban J connectivity index is 2.53. The SMILES string of the molecule is NNC(=O)c1cc(=O)cc(-c2ccccc2)o1. The highest BCUT2D eigenvalue weighted by molar-refractivity contribution is 5.91. The van der Waals surface area contributed by atoms with Crippen molar-refractivity contribution in [2.24, 2.45) is 5.84 Å². The monoisotopic (exact) mass is 230 g/mol. The predicted molar refractivity (Wildman–Crippen MR) is 62.1 cm³/mol. The third-order valence-corrected chi connectivity index (χ3v) is 2.18. The van der Waals surface area contributed by atoms with Gasteiger partial charge in [-0.1, -0.05) is 30.3 Å². The number of carbonyl (C=O) groups excluding carboxylic acids is 1. The molecule has 0 saturated carbocycles. The largest absolute Gasteiger partial charge is 0.451 e. The lowest BCUT2D eigenvalue weighted by Crippen LogP contribution is -2.30. The van der Waals surface area contributed by atoms with Crippen LogP contribution in [0.5, 0.6) is 0 Å². The summed E-state index contributed by atoms with van der Waals surface area (Å²) in [5.41, 5.74) is 2.32. The summed E-state index contributed by atoms with van der Waals surface area (Å²) < 4.78 is 5.30. The maximum atomic E-state index is 11.4. The van der Waals surface area contributed by atoms with E-state index >= 15 is 0 Å². The molecule has 0 aliphatic heterocycles. The maximum Gasteiger partial charge on any atom is 0.301 e. The van der Waals surface area contributed by atoms with Gasteiger partial charge in [0.05, 0.1) is 0 Å². The van der Waals surface area contributed by atoms with Gasteiger partial charge >= 0.3 is 5.91 Å². The summed E-state index contributed by atoms with van der Waals surface area (Å²) in [6.07, 6.45) is 0. The predicted octanol–water partition coefficient (Wildman–Crippen LogP) is 0.910. The van der Waals surface area contributed by atoms with E-state index in [0.29, 0.717) is 5.76 Å². The van der Waals surface area contributed by atoms with Gasteiger partial charge in [-0.25, -0.2) is 5.84 Å². The number of hydrogen-bond acceptors (Lipinski definition) is 4. The van der Waals surface area contributed by atoms with Crippen molar-refractivity contribution >= 4 is 5.91 Å². The number of amides is 1. The van der Waals surface area contributed by atoms with Crippen molar-refractivity contribution in [3.8, 4) is 11.3 Å². The van der Waals surface area contributed by atoms with Crippen LogP contribution in [0.25, 0.3) is 11.3 Å². The van der Waals surface area contributed by atoms with Crippen LogP contribution in [-0.4, -0.2) is 5.91 Å². The molecule has 1 amide bonds. The van der Waals surface area contributed by atoms with Crippen molar-refractivity contribution in [1.82, 2.24) is 5.43 Å². The van der Waals surface area contributed by atoms with Gasteiger partial charge in [-0.3, -0.25) is 15.0 Å². The molecule has 2 rings (SSSR count). The van der Waals surface area contributed by atoms with Gasteiger partial charge in [0.1, 0.15) is 5.76 Å². The Morgan fingerprint density at radius 3 is 2.53 bits per heavy atom. The molecule has 0 aliphatic carbocycles. The molecule has 0 unspecified atom stereocenters. The molecule has 0 atom stereocenters. The van der Waals surface area contributed by atoms with Crippen molar-refractivity contribution in [2.45, 2.75) is 0 Å². The summed E-state index contributed by atoms with van der Waals surface area (Å²) in [4.78, 5) is 22.7. The fourth-order valence-corrected chi connectivity index (χ4v) is 1.41. The van der Waals surface area contributed by atoms with Gasteiger partial charge in [0, 0.05) is 17.7 Å². The third kappa shape index (κ3) is 2.40. The van der Waals surface area contributed by atoms with Crippen LogP contribution < -0.4 is 16.7 Å². The number of hydrazine groups is 1. The van der Waals surface area contributed by atoms with Gasteiger partial charge < -0.3 is 4.42 Å². The van der Waals surface area contributed by atoms with Crippen LogP contribution in [0.15, 0.2) is 51.7 Å². The number of rotatable bonds is 2. The van der Waals surface area contributed by atoms with E-state index in [0.717, 1.165) is 11.6 Å². The molecule has 0 fully saturated rings. The smallest absolute Gasteiger partial charge is 0.301 e. The zero-order chi connectivity index (χ0) is 12.3. The number of nitrogens with one attached hydrogen (secondary N) is 1. The molecule has 1 heterocycles. The number of hydrogen-bond donors (Lipinski definition) is 2. The zero-order valence-corrected chi connectivity index (χ0v) is 8.84. The van der Waals surface area contributed by atoms with Gasteiger partial charge in [-0.15, -0.1) is 0 Å². The normalized spacial score (nSPS) is 9.94. The molecule has 17 heavy (non-hydrogen) atoms. The number of carbonyl (C=O) groups is 1. The van der Waals surface area contributed by atoms with Gasteiger partial charge in [0.15, 0.2) is 11.2 Å². The Bertz CT molecular complexity index is 590. The van der Waals surface area contributed by atoms with E-state index in [1.807, 2.05) is 23.6 Å². The van der Waals surface area contributed by atoms with Crippen molar-refractivity contribution in [2.75, 3.05) is 0 Å². The molecular weight excluding hydrogens is 220 g/mol. The average molecular weight is 230 g/mol. The molecule has 1 aromatic carbocycles. The van der Waals surface area contributed by atoms with Crippen LogP contribution in [0.3, 0.4) is 0 Å². The molecule has 2 aromatic rings. The summed E-state index contributed by atoms with van der Waals surface area (Å²) >= 11 is 0. The lowest BCUT2D eigenvalue weighted by atomic mass is 10.1. The Morgan fingerprint density at radius 2 is 1.88 bits per heavy atom. The first kappa shape index (κ1) is 11.1. The van der Waals surface area contributed by atoms with Crippen molar-refractivity contribution in [3.63, 3.8) is 0 Å². The van der Waals surface area contributed by atoms with Crippen LogP contribution in [0, 0.1) is 0 Å². The van der Waals surface area contributed by atoms with Crippen molar-refractivity contribution in [3.05, 3.63) is 58.4 Å². The summed E-state index contributed by atoms with van der Waals surface area (Å²) in [7, 11) is 0. The fraction of sp³-hybridized carbons (Fsp3) is 0. The molecule has 0 aliphatic rings. The van der Waals surface area contributed by atoms with Crippen LogP contribution in [0.4, 0.5) is 0 Å². The topological polar surface area (TPSA) is 85.3 Å². The Hall–Kier alpha value is -2.40. The van der Waals surface area contributed by atoms with E-state index in [2.05, 4.69) is 0 Å².